The first-order chi connectivity index (χ1) is 16.1. The Balaban J connectivity index is 1.54. The van der Waals surface area contributed by atoms with Crippen molar-refractivity contribution < 1.29 is 4.79 Å². The maximum absolute atomic E-state index is 12.7. The van der Waals surface area contributed by atoms with Gasteiger partial charge in [-0.05, 0) is 77.3 Å². The second-order valence-corrected chi connectivity index (χ2v) is 8.89. The van der Waals surface area contributed by atoms with Gasteiger partial charge in [-0.25, -0.2) is 9.97 Å². The number of carbonyl (C=O) groups excluding carboxylic acids is 1. The molecule has 4 rings (SSSR count). The summed E-state index contributed by atoms with van der Waals surface area (Å²) in [6.45, 7) is 4.84. The Morgan fingerprint density at radius 2 is 1.79 bits per heavy atom. The first kappa shape index (κ1) is 23.1. The summed E-state index contributed by atoms with van der Waals surface area (Å²) in [7, 11) is 4.16. The fourth-order valence-electron chi connectivity index (χ4n) is 4.20. The molecule has 0 spiro atoms. The molecule has 0 bridgehead atoms. The molecule has 0 radical (unpaired) electrons. The molecule has 1 aliphatic heterocycles. The molecule has 1 saturated heterocycles. The van der Waals surface area contributed by atoms with Gasteiger partial charge in [-0.15, -0.1) is 0 Å². The van der Waals surface area contributed by atoms with Gasteiger partial charge in [0.25, 0.3) is 0 Å². The zero-order valence-corrected chi connectivity index (χ0v) is 19.7. The van der Waals surface area contributed by atoms with E-state index in [-0.39, 0.29) is 5.91 Å². The highest BCUT2D eigenvalue weighted by Gasteiger charge is 2.16. The van der Waals surface area contributed by atoms with Crippen LogP contribution in [0.4, 0.5) is 11.5 Å². The number of nitrogens with one attached hydrogen (secondary N) is 2. The number of amides is 1. The molecule has 0 aliphatic carbocycles. The Morgan fingerprint density at radius 1 is 1.03 bits per heavy atom. The topological polar surface area (TPSA) is 73.4 Å². The smallest absolute Gasteiger partial charge is 0.225 e. The van der Waals surface area contributed by atoms with Crippen LogP contribution < -0.4 is 10.6 Å². The van der Waals surface area contributed by atoms with E-state index in [4.69, 9.17) is 9.97 Å². The molecule has 0 saturated carbocycles. The van der Waals surface area contributed by atoms with E-state index in [9.17, 15) is 4.79 Å². The molecule has 33 heavy (non-hydrogen) atoms. The molecule has 7 heteroatoms. The number of carbonyl (C=O) groups is 1. The van der Waals surface area contributed by atoms with Crippen molar-refractivity contribution in [2.75, 3.05) is 57.5 Å². The van der Waals surface area contributed by atoms with Crippen LogP contribution in [-0.2, 0) is 4.79 Å². The van der Waals surface area contributed by atoms with Gasteiger partial charge < -0.3 is 20.4 Å². The Kier molecular flexibility index (Phi) is 7.86. The fraction of sp³-hybridized carbons (Fsp3) is 0.423. The monoisotopic (exact) mass is 446 g/mol. The van der Waals surface area contributed by atoms with Crippen LogP contribution in [0.2, 0.25) is 0 Å². The van der Waals surface area contributed by atoms with Crippen molar-refractivity contribution in [2.45, 2.75) is 25.7 Å². The second-order valence-electron chi connectivity index (χ2n) is 8.89. The molecule has 3 aromatic rings. The summed E-state index contributed by atoms with van der Waals surface area (Å²) in [5.41, 5.74) is 2.46. The minimum Gasteiger partial charge on any atom is -0.369 e. The van der Waals surface area contributed by atoms with Crippen LogP contribution in [0.3, 0.4) is 0 Å². The van der Waals surface area contributed by atoms with Gasteiger partial charge in [0.1, 0.15) is 5.82 Å². The zero-order valence-electron chi connectivity index (χ0n) is 19.7. The van der Waals surface area contributed by atoms with E-state index in [1.165, 1.54) is 12.8 Å². The Morgan fingerprint density at radius 3 is 2.61 bits per heavy atom. The SMILES string of the molecule is CN(C)CCCNc1nc(-c2ccccc2NC(=O)CCN2CCCC2)nc2ccccc12. The van der Waals surface area contributed by atoms with Gasteiger partial charge in [0, 0.05) is 30.5 Å². The molecular formula is C26H34N6O. The predicted octanol–water partition coefficient (Wildman–Crippen LogP) is 4.08. The molecule has 1 amide bonds. The number of rotatable bonds is 10. The predicted molar refractivity (Wildman–Crippen MR) is 136 cm³/mol. The van der Waals surface area contributed by atoms with Crippen LogP contribution in [0.25, 0.3) is 22.3 Å². The highest BCUT2D eigenvalue weighted by molar-refractivity contribution is 5.96. The lowest BCUT2D eigenvalue weighted by atomic mass is 10.1. The first-order valence-electron chi connectivity index (χ1n) is 11.9. The van der Waals surface area contributed by atoms with Crippen molar-refractivity contribution in [3.63, 3.8) is 0 Å². The lowest BCUT2D eigenvalue weighted by molar-refractivity contribution is -0.116. The van der Waals surface area contributed by atoms with E-state index in [1.54, 1.807) is 0 Å². The lowest BCUT2D eigenvalue weighted by Crippen LogP contribution is -2.25. The summed E-state index contributed by atoms with van der Waals surface area (Å²) in [6.07, 6.45) is 3.97. The molecule has 174 valence electrons. The maximum Gasteiger partial charge on any atom is 0.225 e. The summed E-state index contributed by atoms with van der Waals surface area (Å²) in [5.74, 6) is 1.46. The van der Waals surface area contributed by atoms with Crippen molar-refractivity contribution >= 4 is 28.3 Å². The zero-order chi connectivity index (χ0) is 23.0. The number of likely N-dealkylation sites (tertiary alicyclic amines) is 1. The van der Waals surface area contributed by atoms with Crippen LogP contribution in [0, 0.1) is 0 Å². The van der Waals surface area contributed by atoms with Gasteiger partial charge in [-0.1, -0.05) is 24.3 Å². The molecule has 1 fully saturated rings. The van der Waals surface area contributed by atoms with E-state index < -0.39 is 0 Å². The number of nitrogens with zero attached hydrogens (tertiary/aromatic N) is 4. The molecular weight excluding hydrogens is 412 g/mol. The number of anilines is 2. The molecule has 2 N–H and O–H groups in total. The van der Waals surface area contributed by atoms with Crippen LogP contribution in [0.5, 0.6) is 0 Å². The highest BCUT2D eigenvalue weighted by Crippen LogP contribution is 2.29. The third-order valence-electron chi connectivity index (χ3n) is 5.97. The van der Waals surface area contributed by atoms with Crippen molar-refractivity contribution in [3.8, 4) is 11.4 Å². The van der Waals surface area contributed by atoms with Gasteiger partial charge in [0.05, 0.1) is 11.2 Å². The van der Waals surface area contributed by atoms with Crippen molar-refractivity contribution in [1.82, 2.24) is 19.8 Å². The van der Waals surface area contributed by atoms with Gasteiger partial charge in [0.15, 0.2) is 5.82 Å². The molecule has 2 aromatic carbocycles. The molecule has 7 nitrogen and oxygen atoms in total. The summed E-state index contributed by atoms with van der Waals surface area (Å²) in [6, 6.07) is 15.8. The van der Waals surface area contributed by atoms with Gasteiger partial charge >= 0.3 is 0 Å². The van der Waals surface area contributed by atoms with Crippen molar-refractivity contribution in [3.05, 3.63) is 48.5 Å². The number of hydrogen-bond acceptors (Lipinski definition) is 6. The standard InChI is InChI=1S/C26H34N6O/c1-31(2)16-9-15-27-25-20-10-3-6-13-23(20)29-26(30-25)21-11-4-5-12-22(21)28-24(33)14-19-32-17-7-8-18-32/h3-6,10-13H,7-9,14-19H2,1-2H3,(H,28,33)(H,27,29,30). The number of aromatic nitrogens is 2. The Labute approximate surface area is 196 Å². The molecule has 2 heterocycles. The maximum atomic E-state index is 12.7. The summed E-state index contributed by atoms with van der Waals surface area (Å²) in [5, 5.41) is 7.59. The number of para-hydroxylation sites is 2. The second kappa shape index (κ2) is 11.2. The minimum atomic E-state index is 0.0252. The van der Waals surface area contributed by atoms with E-state index >= 15 is 0 Å². The van der Waals surface area contributed by atoms with Crippen LogP contribution >= 0.6 is 0 Å². The van der Waals surface area contributed by atoms with Crippen LogP contribution in [0.15, 0.2) is 48.5 Å². The van der Waals surface area contributed by atoms with Gasteiger partial charge in [-0.3, -0.25) is 4.79 Å². The average Bonchev–Trinajstić information content (AvgIpc) is 3.34. The lowest BCUT2D eigenvalue weighted by Gasteiger charge is -2.16. The minimum absolute atomic E-state index is 0.0252. The third kappa shape index (κ3) is 6.27. The molecule has 1 aliphatic rings. The average molecular weight is 447 g/mol. The number of hydrogen-bond donors (Lipinski definition) is 2. The van der Waals surface area contributed by atoms with E-state index in [1.807, 2.05) is 48.5 Å². The Bertz CT molecular complexity index is 1080. The molecule has 0 unspecified atom stereocenters. The number of fused-ring (bicyclic) bond motifs is 1. The normalized spacial score (nSPS) is 14.2. The quantitative estimate of drug-likeness (QED) is 0.457. The summed E-state index contributed by atoms with van der Waals surface area (Å²) >= 11 is 0. The summed E-state index contributed by atoms with van der Waals surface area (Å²) in [4.78, 5) is 26.9. The fourth-order valence-corrected chi connectivity index (χ4v) is 4.20. The third-order valence-corrected chi connectivity index (χ3v) is 5.97. The Hall–Kier alpha value is -3.03. The van der Waals surface area contributed by atoms with Crippen LogP contribution in [0.1, 0.15) is 25.7 Å². The van der Waals surface area contributed by atoms with Gasteiger partial charge in [0.2, 0.25) is 5.91 Å². The van der Waals surface area contributed by atoms with E-state index in [0.29, 0.717) is 12.2 Å². The molecule has 0 atom stereocenters. The number of benzene rings is 2. The highest BCUT2D eigenvalue weighted by atomic mass is 16.1. The summed E-state index contributed by atoms with van der Waals surface area (Å²) < 4.78 is 0. The van der Waals surface area contributed by atoms with Gasteiger partial charge in [-0.2, -0.15) is 0 Å². The van der Waals surface area contributed by atoms with Crippen LogP contribution in [-0.4, -0.2) is 72.5 Å². The van der Waals surface area contributed by atoms with Crippen molar-refractivity contribution in [2.24, 2.45) is 0 Å². The van der Waals surface area contributed by atoms with E-state index in [2.05, 4.69) is 34.5 Å². The first-order valence-corrected chi connectivity index (χ1v) is 11.9. The van der Waals surface area contributed by atoms with E-state index in [0.717, 1.165) is 67.1 Å². The largest absolute Gasteiger partial charge is 0.369 e. The molecule has 1 aromatic heterocycles. The van der Waals surface area contributed by atoms with Crippen molar-refractivity contribution in [1.29, 1.82) is 0 Å².